The van der Waals surface area contributed by atoms with Crippen molar-refractivity contribution in [2.45, 2.75) is 13.8 Å². The fourth-order valence-electron chi connectivity index (χ4n) is 1.24. The number of rotatable bonds is 4. The molecule has 0 aliphatic carbocycles. The number of hydrogen-bond donors (Lipinski definition) is 1. The molecule has 2 heteroatoms. The summed E-state index contributed by atoms with van der Waals surface area (Å²) in [6.07, 6.45) is 3.98. The number of hydrogen-bond acceptors (Lipinski definition) is 1. The molecule has 1 aromatic rings. The second-order valence-electron chi connectivity index (χ2n) is 3.32. The number of benzene rings is 1. The Kier molecular flexibility index (Phi) is 4.54. The van der Waals surface area contributed by atoms with E-state index in [9.17, 15) is 0 Å². The molecule has 0 radical (unpaired) electrons. The summed E-state index contributed by atoms with van der Waals surface area (Å²) in [4.78, 5) is 0. The van der Waals surface area contributed by atoms with Gasteiger partial charge in [-0.05, 0) is 31.0 Å². The minimum absolute atomic E-state index is 0.578. The average molecular weight is 210 g/mol. The molecule has 0 saturated heterocycles. The number of halogens is 1. The molecule has 0 aliphatic rings. The number of aryl methyl sites for hydroxylation is 2. The average Bonchev–Trinajstić information content (AvgIpc) is 2.18. The molecule has 0 unspecified atom stereocenters. The molecule has 0 bridgehead atoms. The van der Waals surface area contributed by atoms with Crippen LogP contribution in [0.1, 0.15) is 11.1 Å². The number of allylic oxidation sites excluding steroid dienone is 1. The molecule has 0 spiro atoms. The van der Waals surface area contributed by atoms with Crippen LogP contribution >= 0.6 is 11.6 Å². The summed E-state index contributed by atoms with van der Waals surface area (Å²) in [6.45, 7) is 5.03. The molecule has 0 aliphatic heterocycles. The topological polar surface area (TPSA) is 12.0 Å². The van der Waals surface area contributed by atoms with Gasteiger partial charge < -0.3 is 5.32 Å². The molecule has 1 N–H and O–H groups in total. The molecule has 0 aromatic heterocycles. The van der Waals surface area contributed by atoms with E-state index in [1.807, 2.05) is 12.2 Å². The Balaban J connectivity index is 2.57. The van der Waals surface area contributed by atoms with Gasteiger partial charge in [0.1, 0.15) is 0 Å². The monoisotopic (exact) mass is 209 g/mol. The molecular formula is C12H16ClN. The highest BCUT2D eigenvalue weighted by Crippen LogP contribution is 2.15. The van der Waals surface area contributed by atoms with Gasteiger partial charge in [-0.25, -0.2) is 0 Å². The highest BCUT2D eigenvalue weighted by molar-refractivity contribution is 6.18. The van der Waals surface area contributed by atoms with Crippen LogP contribution < -0.4 is 5.32 Å². The van der Waals surface area contributed by atoms with Crippen molar-refractivity contribution in [2.75, 3.05) is 17.7 Å². The van der Waals surface area contributed by atoms with Gasteiger partial charge in [0.2, 0.25) is 0 Å². The van der Waals surface area contributed by atoms with E-state index in [-0.39, 0.29) is 0 Å². The second-order valence-corrected chi connectivity index (χ2v) is 3.63. The van der Waals surface area contributed by atoms with Gasteiger partial charge >= 0.3 is 0 Å². The minimum Gasteiger partial charge on any atom is -0.381 e. The molecule has 1 nitrogen and oxygen atoms in total. The van der Waals surface area contributed by atoms with Gasteiger partial charge in [-0.1, -0.05) is 24.3 Å². The Morgan fingerprint density at radius 2 is 2.07 bits per heavy atom. The van der Waals surface area contributed by atoms with Crippen molar-refractivity contribution in [2.24, 2.45) is 0 Å². The third-order valence-electron chi connectivity index (χ3n) is 2.06. The fourth-order valence-corrected chi connectivity index (χ4v) is 1.37. The molecule has 14 heavy (non-hydrogen) atoms. The maximum Gasteiger partial charge on any atom is 0.0404 e. The van der Waals surface area contributed by atoms with Crippen molar-refractivity contribution in [3.8, 4) is 0 Å². The van der Waals surface area contributed by atoms with Gasteiger partial charge in [0.25, 0.3) is 0 Å². The molecule has 76 valence electrons. The van der Waals surface area contributed by atoms with E-state index < -0.39 is 0 Å². The van der Waals surface area contributed by atoms with Crippen molar-refractivity contribution in [3.05, 3.63) is 41.5 Å². The van der Waals surface area contributed by atoms with Crippen LogP contribution in [-0.4, -0.2) is 12.4 Å². The van der Waals surface area contributed by atoms with E-state index in [1.54, 1.807) is 0 Å². The molecular weight excluding hydrogens is 194 g/mol. The zero-order chi connectivity index (χ0) is 10.4. The van der Waals surface area contributed by atoms with Crippen LogP contribution in [0.3, 0.4) is 0 Å². The minimum atomic E-state index is 0.578. The molecule has 1 aromatic carbocycles. The van der Waals surface area contributed by atoms with Gasteiger partial charge in [0, 0.05) is 18.1 Å². The van der Waals surface area contributed by atoms with E-state index in [1.165, 1.54) is 16.8 Å². The Bertz CT molecular complexity index is 318. The van der Waals surface area contributed by atoms with Gasteiger partial charge in [0.05, 0.1) is 0 Å². The first-order chi connectivity index (χ1) is 6.74. The Labute approximate surface area is 90.8 Å². The molecule has 0 atom stereocenters. The van der Waals surface area contributed by atoms with Crippen LogP contribution in [0.5, 0.6) is 0 Å². The summed E-state index contributed by atoms with van der Waals surface area (Å²) < 4.78 is 0. The highest BCUT2D eigenvalue weighted by atomic mass is 35.5. The van der Waals surface area contributed by atoms with Crippen molar-refractivity contribution in [1.82, 2.24) is 0 Å². The van der Waals surface area contributed by atoms with E-state index in [0.29, 0.717) is 5.88 Å². The Morgan fingerprint density at radius 3 is 2.79 bits per heavy atom. The Morgan fingerprint density at radius 1 is 1.29 bits per heavy atom. The molecule has 0 fully saturated rings. The summed E-state index contributed by atoms with van der Waals surface area (Å²) in [5, 5.41) is 3.34. The van der Waals surface area contributed by atoms with Crippen LogP contribution in [0.25, 0.3) is 0 Å². The van der Waals surface area contributed by atoms with Crippen LogP contribution in [0, 0.1) is 13.8 Å². The zero-order valence-electron chi connectivity index (χ0n) is 8.68. The van der Waals surface area contributed by atoms with Crippen molar-refractivity contribution >= 4 is 17.3 Å². The smallest absolute Gasteiger partial charge is 0.0404 e. The van der Waals surface area contributed by atoms with Crippen molar-refractivity contribution in [1.29, 1.82) is 0 Å². The van der Waals surface area contributed by atoms with E-state index >= 15 is 0 Å². The summed E-state index contributed by atoms with van der Waals surface area (Å²) in [6, 6.07) is 6.40. The van der Waals surface area contributed by atoms with Crippen LogP contribution in [0.15, 0.2) is 30.4 Å². The van der Waals surface area contributed by atoms with E-state index in [0.717, 1.165) is 6.54 Å². The van der Waals surface area contributed by atoms with E-state index in [4.69, 9.17) is 11.6 Å². The second kappa shape index (κ2) is 5.71. The molecule has 0 amide bonds. The van der Waals surface area contributed by atoms with Gasteiger partial charge in [0.15, 0.2) is 0 Å². The lowest BCUT2D eigenvalue weighted by Gasteiger charge is -2.08. The van der Waals surface area contributed by atoms with Crippen LogP contribution in [0.2, 0.25) is 0 Å². The van der Waals surface area contributed by atoms with Crippen LogP contribution in [0.4, 0.5) is 5.69 Å². The lowest BCUT2D eigenvalue weighted by molar-refractivity contribution is 1.28. The third-order valence-corrected chi connectivity index (χ3v) is 2.24. The lowest BCUT2D eigenvalue weighted by Crippen LogP contribution is -2.00. The first-order valence-corrected chi connectivity index (χ1v) is 5.29. The standard InChI is InChI=1S/C12H16ClN/c1-10-5-6-11(2)12(9-10)14-8-4-3-7-13/h3-6,9,14H,7-8H2,1-2H3/b4-3+. The Hall–Kier alpha value is -0.950. The maximum atomic E-state index is 5.53. The van der Waals surface area contributed by atoms with Gasteiger partial charge in [-0.2, -0.15) is 0 Å². The first kappa shape index (κ1) is 11.1. The third kappa shape index (κ3) is 3.43. The SMILES string of the molecule is Cc1ccc(C)c(NC/C=C/CCl)c1. The lowest BCUT2D eigenvalue weighted by atomic mass is 10.1. The normalized spacial score (nSPS) is 10.8. The fraction of sp³-hybridized carbons (Fsp3) is 0.333. The van der Waals surface area contributed by atoms with Gasteiger partial charge in [-0.15, -0.1) is 11.6 Å². The van der Waals surface area contributed by atoms with Crippen molar-refractivity contribution < 1.29 is 0 Å². The number of anilines is 1. The number of alkyl halides is 1. The zero-order valence-corrected chi connectivity index (χ0v) is 9.43. The van der Waals surface area contributed by atoms with Gasteiger partial charge in [-0.3, -0.25) is 0 Å². The largest absolute Gasteiger partial charge is 0.381 e. The molecule has 0 heterocycles. The predicted octanol–water partition coefficient (Wildman–Crippen LogP) is 3.51. The van der Waals surface area contributed by atoms with E-state index in [2.05, 4.69) is 37.4 Å². The molecule has 0 saturated carbocycles. The van der Waals surface area contributed by atoms with Crippen molar-refractivity contribution in [3.63, 3.8) is 0 Å². The van der Waals surface area contributed by atoms with Crippen LogP contribution in [-0.2, 0) is 0 Å². The summed E-state index contributed by atoms with van der Waals surface area (Å²) in [5.74, 6) is 0.578. The summed E-state index contributed by atoms with van der Waals surface area (Å²) >= 11 is 5.53. The quantitative estimate of drug-likeness (QED) is 0.591. The first-order valence-electron chi connectivity index (χ1n) is 4.76. The predicted molar refractivity (Wildman–Crippen MR) is 64.3 cm³/mol. The highest BCUT2D eigenvalue weighted by Gasteiger charge is 1.95. The summed E-state index contributed by atoms with van der Waals surface area (Å²) in [5.41, 5.74) is 3.75. The molecule has 1 rings (SSSR count). The summed E-state index contributed by atoms with van der Waals surface area (Å²) in [7, 11) is 0. The maximum absolute atomic E-state index is 5.53. The number of nitrogens with one attached hydrogen (secondary N) is 1.